The van der Waals surface area contributed by atoms with E-state index in [0.717, 1.165) is 6.07 Å². The van der Waals surface area contributed by atoms with Gasteiger partial charge in [0.05, 0.1) is 20.2 Å². The van der Waals surface area contributed by atoms with Gasteiger partial charge in [-0.1, -0.05) is 0 Å². The molecule has 0 aliphatic carbocycles. The van der Waals surface area contributed by atoms with E-state index in [1.807, 2.05) is 5.32 Å². The molecule has 0 spiro atoms. The molecule has 1 rings (SSSR count). The number of carbonyl (C=O) groups is 2. The van der Waals surface area contributed by atoms with E-state index < -0.39 is 36.5 Å². The van der Waals surface area contributed by atoms with Gasteiger partial charge >= 0.3 is 0 Å². The first kappa shape index (κ1) is 21.2. The molecule has 0 aliphatic heterocycles. The summed E-state index contributed by atoms with van der Waals surface area (Å²) in [6, 6.07) is 3.66. The Balaban J connectivity index is 0.00000484. The quantitative estimate of drug-likeness (QED) is 0.699. The summed E-state index contributed by atoms with van der Waals surface area (Å²) in [7, 11) is 1.29. The summed E-state index contributed by atoms with van der Waals surface area (Å²) in [5, 5.41) is 2.00. The zero-order valence-corrected chi connectivity index (χ0v) is 13.2. The number of amides is 1. The first-order valence-electron chi connectivity index (χ1n) is 6.50. The second kappa shape index (κ2) is 9.36. The van der Waals surface area contributed by atoms with E-state index in [1.165, 1.54) is 19.2 Å². The normalized spacial score (nSPS) is 10.7. The van der Waals surface area contributed by atoms with Crippen LogP contribution in [0.1, 0.15) is 23.2 Å². The maximum Gasteiger partial charge on any atom is 0.277 e. The van der Waals surface area contributed by atoms with Crippen molar-refractivity contribution in [1.82, 2.24) is 5.32 Å². The number of ketones is 1. The van der Waals surface area contributed by atoms with Gasteiger partial charge in [0.15, 0.2) is 17.3 Å². The number of carbonyl (C=O) groups excluding carboxylic acids is 2. The highest BCUT2D eigenvalue weighted by atomic mass is 35.5. The molecule has 9 heteroatoms. The molecule has 1 aromatic rings. The van der Waals surface area contributed by atoms with Crippen LogP contribution in [-0.4, -0.2) is 37.8 Å². The SMILES string of the molecule is COc1ccc(C(=O)CCC(=O)NCC(F)(F)CN)cc1F.Cl. The Morgan fingerprint density at radius 2 is 1.96 bits per heavy atom. The van der Waals surface area contributed by atoms with Gasteiger partial charge in [0.2, 0.25) is 5.91 Å². The van der Waals surface area contributed by atoms with Crippen LogP contribution in [0.2, 0.25) is 0 Å². The maximum atomic E-state index is 13.4. The number of hydrogen-bond donors (Lipinski definition) is 2. The number of methoxy groups -OCH3 is 1. The Morgan fingerprint density at radius 3 is 2.48 bits per heavy atom. The van der Waals surface area contributed by atoms with Crippen molar-refractivity contribution in [3.8, 4) is 5.75 Å². The summed E-state index contributed by atoms with van der Waals surface area (Å²) in [6.07, 6.45) is -0.487. The fourth-order valence-electron chi connectivity index (χ4n) is 1.60. The molecule has 0 unspecified atom stereocenters. The number of nitrogens with one attached hydrogen (secondary N) is 1. The van der Waals surface area contributed by atoms with Crippen LogP contribution in [0.3, 0.4) is 0 Å². The molecule has 0 radical (unpaired) electrons. The lowest BCUT2D eigenvalue weighted by Gasteiger charge is -2.14. The number of hydrogen-bond acceptors (Lipinski definition) is 4. The van der Waals surface area contributed by atoms with E-state index >= 15 is 0 Å². The average molecular weight is 355 g/mol. The summed E-state index contributed by atoms with van der Waals surface area (Å²) in [4.78, 5) is 23.2. The molecule has 0 saturated carbocycles. The first-order valence-corrected chi connectivity index (χ1v) is 6.50. The van der Waals surface area contributed by atoms with Crippen LogP contribution in [0.25, 0.3) is 0 Å². The lowest BCUT2D eigenvalue weighted by molar-refractivity contribution is -0.122. The Kier molecular flexibility index (Phi) is 8.63. The smallest absolute Gasteiger partial charge is 0.277 e. The van der Waals surface area contributed by atoms with Gasteiger partial charge in [0.1, 0.15) is 0 Å². The van der Waals surface area contributed by atoms with Gasteiger partial charge in [-0.2, -0.15) is 0 Å². The molecular formula is C14H18ClF3N2O3. The molecule has 5 nitrogen and oxygen atoms in total. The molecule has 1 aromatic carbocycles. The minimum Gasteiger partial charge on any atom is -0.494 e. The molecular weight excluding hydrogens is 337 g/mol. The standard InChI is InChI=1S/C14H17F3N2O3.ClH/c1-22-12-4-2-9(6-10(12)15)11(20)3-5-13(21)19-8-14(16,17)7-18;/h2,4,6H,3,5,7-8,18H2,1H3,(H,19,21);1H. The summed E-state index contributed by atoms with van der Waals surface area (Å²) < 4.78 is 43.8. The summed E-state index contributed by atoms with van der Waals surface area (Å²) in [6.45, 7) is -1.76. The number of benzene rings is 1. The van der Waals surface area contributed by atoms with E-state index in [1.54, 1.807) is 0 Å². The Labute approximate surface area is 137 Å². The summed E-state index contributed by atoms with van der Waals surface area (Å²) in [5.41, 5.74) is 4.91. The zero-order valence-electron chi connectivity index (χ0n) is 12.4. The number of rotatable bonds is 8. The van der Waals surface area contributed by atoms with Crippen LogP contribution >= 0.6 is 12.4 Å². The van der Waals surface area contributed by atoms with Gasteiger partial charge in [0, 0.05) is 18.4 Å². The van der Waals surface area contributed by atoms with Gasteiger partial charge in [-0.25, -0.2) is 13.2 Å². The van der Waals surface area contributed by atoms with Crippen LogP contribution in [0.15, 0.2) is 18.2 Å². The minimum atomic E-state index is -3.18. The monoisotopic (exact) mass is 354 g/mol. The van der Waals surface area contributed by atoms with Crippen molar-refractivity contribution in [2.45, 2.75) is 18.8 Å². The van der Waals surface area contributed by atoms with Gasteiger partial charge in [-0.15, -0.1) is 12.4 Å². The molecule has 0 aliphatic rings. The van der Waals surface area contributed by atoms with Crippen molar-refractivity contribution in [3.63, 3.8) is 0 Å². The highest BCUT2D eigenvalue weighted by Gasteiger charge is 2.27. The van der Waals surface area contributed by atoms with Crippen LogP contribution < -0.4 is 15.8 Å². The Morgan fingerprint density at radius 1 is 1.30 bits per heavy atom. The zero-order chi connectivity index (χ0) is 16.8. The van der Waals surface area contributed by atoms with Crippen LogP contribution in [0.5, 0.6) is 5.75 Å². The van der Waals surface area contributed by atoms with E-state index in [9.17, 15) is 22.8 Å². The third-order valence-corrected chi connectivity index (χ3v) is 2.90. The molecule has 1 amide bonds. The predicted molar refractivity (Wildman–Crippen MR) is 80.8 cm³/mol. The van der Waals surface area contributed by atoms with Crippen molar-refractivity contribution in [2.75, 3.05) is 20.2 Å². The third-order valence-electron chi connectivity index (χ3n) is 2.90. The minimum absolute atomic E-state index is 0. The summed E-state index contributed by atoms with van der Waals surface area (Å²) in [5.74, 6) is -5.05. The average Bonchev–Trinajstić information content (AvgIpc) is 2.50. The van der Waals surface area contributed by atoms with Crippen LogP contribution in [0, 0.1) is 5.82 Å². The second-order valence-corrected chi connectivity index (χ2v) is 4.61. The lowest BCUT2D eigenvalue weighted by atomic mass is 10.1. The van der Waals surface area contributed by atoms with Gasteiger partial charge < -0.3 is 15.8 Å². The first-order chi connectivity index (χ1) is 10.3. The Hall–Kier alpha value is -1.80. The molecule has 0 saturated heterocycles. The molecule has 0 atom stereocenters. The van der Waals surface area contributed by atoms with Crippen molar-refractivity contribution < 1.29 is 27.5 Å². The third kappa shape index (κ3) is 6.87. The molecule has 0 bridgehead atoms. The highest BCUT2D eigenvalue weighted by molar-refractivity contribution is 5.98. The number of halogens is 4. The molecule has 3 N–H and O–H groups in total. The molecule has 23 heavy (non-hydrogen) atoms. The van der Waals surface area contributed by atoms with Gasteiger partial charge in [-0.05, 0) is 18.2 Å². The van der Waals surface area contributed by atoms with Crippen molar-refractivity contribution >= 4 is 24.1 Å². The van der Waals surface area contributed by atoms with Crippen LogP contribution in [0.4, 0.5) is 13.2 Å². The van der Waals surface area contributed by atoms with Crippen molar-refractivity contribution in [3.05, 3.63) is 29.6 Å². The van der Waals surface area contributed by atoms with E-state index in [-0.39, 0.29) is 36.6 Å². The van der Waals surface area contributed by atoms with Crippen molar-refractivity contribution in [2.24, 2.45) is 5.73 Å². The molecule has 130 valence electrons. The predicted octanol–water partition coefficient (Wildman–Crippen LogP) is 1.93. The van der Waals surface area contributed by atoms with E-state index in [2.05, 4.69) is 0 Å². The number of Topliss-reactive ketones (excluding diaryl/α,β-unsaturated/α-hetero) is 1. The number of ether oxygens (including phenoxy) is 1. The topological polar surface area (TPSA) is 81.4 Å². The maximum absolute atomic E-state index is 13.4. The van der Waals surface area contributed by atoms with Gasteiger partial charge in [-0.3, -0.25) is 9.59 Å². The molecule has 0 heterocycles. The lowest BCUT2D eigenvalue weighted by Crippen LogP contribution is -2.41. The van der Waals surface area contributed by atoms with Crippen molar-refractivity contribution in [1.29, 1.82) is 0 Å². The van der Waals surface area contributed by atoms with E-state index in [0.29, 0.717) is 0 Å². The number of nitrogens with two attached hydrogens (primary N) is 1. The Bertz CT molecular complexity index is 556. The second-order valence-electron chi connectivity index (χ2n) is 4.61. The van der Waals surface area contributed by atoms with Crippen LogP contribution in [-0.2, 0) is 4.79 Å². The molecule has 0 aromatic heterocycles. The molecule has 0 fully saturated rings. The highest BCUT2D eigenvalue weighted by Crippen LogP contribution is 2.19. The fourth-order valence-corrected chi connectivity index (χ4v) is 1.60. The number of alkyl halides is 2. The van der Waals surface area contributed by atoms with E-state index in [4.69, 9.17) is 10.5 Å². The van der Waals surface area contributed by atoms with Gasteiger partial charge in [0.25, 0.3) is 5.92 Å². The fraction of sp³-hybridized carbons (Fsp3) is 0.429. The largest absolute Gasteiger partial charge is 0.494 e. The summed E-state index contributed by atoms with van der Waals surface area (Å²) >= 11 is 0.